The maximum Gasteiger partial charge on any atom is 0.248 e. The third kappa shape index (κ3) is 1.91. The van der Waals surface area contributed by atoms with Gasteiger partial charge in [0.15, 0.2) is 6.23 Å². The zero-order valence-corrected chi connectivity index (χ0v) is 6.78. The predicted octanol–water partition coefficient (Wildman–Crippen LogP) is 0.267. The van der Waals surface area contributed by atoms with Crippen molar-refractivity contribution in [1.82, 2.24) is 5.06 Å². The van der Waals surface area contributed by atoms with Gasteiger partial charge >= 0.3 is 0 Å². The number of carbonyl (C=O) groups is 1. The lowest BCUT2D eigenvalue weighted by Crippen LogP contribution is -2.35. The molecule has 1 amide bonds. The number of hydrogen-bond donors (Lipinski definition) is 1. The van der Waals surface area contributed by atoms with E-state index in [1.54, 1.807) is 0 Å². The van der Waals surface area contributed by atoms with Gasteiger partial charge in [0.25, 0.3) is 0 Å². The molecular weight excluding hydrogens is 146 g/mol. The van der Waals surface area contributed by atoms with Crippen molar-refractivity contribution in [1.29, 1.82) is 0 Å². The van der Waals surface area contributed by atoms with E-state index in [-0.39, 0.29) is 12.0 Å². The quantitative estimate of drug-likeness (QED) is 0.629. The van der Waals surface area contributed by atoms with Crippen LogP contribution in [0.5, 0.6) is 0 Å². The zero-order valence-electron chi connectivity index (χ0n) is 6.78. The Morgan fingerprint density at radius 1 is 1.73 bits per heavy atom. The third-order valence-electron chi connectivity index (χ3n) is 1.46. The molecule has 0 aromatic carbocycles. The van der Waals surface area contributed by atoms with Gasteiger partial charge in [-0.1, -0.05) is 0 Å². The fraction of sp³-hybridized carbons (Fsp3) is 0.857. The Balaban J connectivity index is 2.48. The van der Waals surface area contributed by atoms with Crippen LogP contribution in [-0.4, -0.2) is 28.4 Å². The summed E-state index contributed by atoms with van der Waals surface area (Å²) in [4.78, 5) is 16.0. The summed E-state index contributed by atoms with van der Waals surface area (Å²) < 4.78 is 0. The summed E-state index contributed by atoms with van der Waals surface area (Å²) in [5.41, 5.74) is 0. The number of hydrogen-bond acceptors (Lipinski definition) is 3. The summed E-state index contributed by atoms with van der Waals surface area (Å²) in [6.45, 7) is 3.64. The topological polar surface area (TPSA) is 49.8 Å². The minimum atomic E-state index is -0.745. The van der Waals surface area contributed by atoms with Gasteiger partial charge in [-0.3, -0.25) is 9.63 Å². The Bertz CT molecular complexity index is 158. The van der Waals surface area contributed by atoms with E-state index in [2.05, 4.69) is 0 Å². The highest BCUT2D eigenvalue weighted by molar-refractivity contribution is 5.77. The van der Waals surface area contributed by atoms with Crippen molar-refractivity contribution in [3.63, 3.8) is 0 Å². The molecule has 1 atom stereocenters. The van der Waals surface area contributed by atoms with Gasteiger partial charge in [0.1, 0.15) is 0 Å². The van der Waals surface area contributed by atoms with Crippen LogP contribution in [0.25, 0.3) is 0 Å². The molecule has 1 unspecified atom stereocenters. The number of nitrogens with zero attached hydrogens (tertiary/aromatic N) is 1. The number of aliphatic hydroxyl groups is 1. The molecule has 0 aromatic rings. The molecule has 1 heterocycles. The molecule has 1 fully saturated rings. The molecule has 0 spiro atoms. The van der Waals surface area contributed by atoms with E-state index in [0.717, 1.165) is 5.06 Å². The van der Waals surface area contributed by atoms with Crippen molar-refractivity contribution in [3.05, 3.63) is 0 Å². The second-order valence-electron chi connectivity index (χ2n) is 2.89. The van der Waals surface area contributed by atoms with Crippen LogP contribution in [0.4, 0.5) is 0 Å². The third-order valence-corrected chi connectivity index (χ3v) is 1.46. The number of hydroxylamine groups is 2. The molecule has 1 aliphatic heterocycles. The van der Waals surface area contributed by atoms with Gasteiger partial charge in [0.05, 0.1) is 6.10 Å². The second-order valence-corrected chi connectivity index (χ2v) is 2.89. The summed E-state index contributed by atoms with van der Waals surface area (Å²) in [6.07, 6.45) is 0.0519. The van der Waals surface area contributed by atoms with Crippen LogP contribution in [0.3, 0.4) is 0 Å². The summed E-state index contributed by atoms with van der Waals surface area (Å²) in [6, 6.07) is 0. The lowest BCUT2D eigenvalue weighted by Gasteiger charge is -2.21. The first-order valence-electron chi connectivity index (χ1n) is 3.78. The van der Waals surface area contributed by atoms with Gasteiger partial charge in [-0.15, -0.1) is 0 Å². The number of aliphatic hydroxyl groups excluding tert-OH is 1. The van der Waals surface area contributed by atoms with E-state index in [0.29, 0.717) is 12.8 Å². The Labute approximate surface area is 65.7 Å². The van der Waals surface area contributed by atoms with Crippen molar-refractivity contribution in [2.45, 2.75) is 39.0 Å². The normalized spacial score (nSPS) is 25.3. The lowest BCUT2D eigenvalue weighted by atomic mass is 10.4. The van der Waals surface area contributed by atoms with Crippen LogP contribution < -0.4 is 0 Å². The Morgan fingerprint density at radius 3 is 2.73 bits per heavy atom. The largest absolute Gasteiger partial charge is 0.371 e. The summed E-state index contributed by atoms with van der Waals surface area (Å²) >= 11 is 0. The number of rotatable bonds is 2. The van der Waals surface area contributed by atoms with Crippen LogP contribution in [0.15, 0.2) is 0 Å². The molecule has 0 aromatic heterocycles. The standard InChI is InChI=1S/C7H13NO3/c1-5(2)11-8-6(9)3-4-7(8)10/h5-6,9H,3-4H2,1-2H3. The molecule has 4 heteroatoms. The van der Waals surface area contributed by atoms with Crippen LogP contribution in [0.1, 0.15) is 26.7 Å². The fourth-order valence-corrected chi connectivity index (χ4v) is 1.00. The fourth-order valence-electron chi connectivity index (χ4n) is 1.00. The summed E-state index contributed by atoms with van der Waals surface area (Å²) in [5, 5.41) is 10.2. The predicted molar refractivity (Wildman–Crippen MR) is 38.3 cm³/mol. The number of carbonyl (C=O) groups excluding carboxylic acids is 1. The highest BCUT2D eigenvalue weighted by Crippen LogP contribution is 2.17. The van der Waals surface area contributed by atoms with Gasteiger partial charge in [-0.2, -0.15) is 5.06 Å². The molecule has 0 radical (unpaired) electrons. The molecule has 1 N–H and O–H groups in total. The van der Waals surface area contributed by atoms with Crippen molar-refractivity contribution in [3.8, 4) is 0 Å². The molecular formula is C7H13NO3. The summed E-state index contributed by atoms with van der Waals surface area (Å²) in [7, 11) is 0. The first kappa shape index (κ1) is 8.49. The molecule has 1 rings (SSSR count). The average molecular weight is 159 g/mol. The van der Waals surface area contributed by atoms with Crippen molar-refractivity contribution in [2.24, 2.45) is 0 Å². The van der Waals surface area contributed by atoms with Crippen molar-refractivity contribution >= 4 is 5.91 Å². The zero-order chi connectivity index (χ0) is 8.43. The first-order chi connectivity index (χ1) is 5.11. The van der Waals surface area contributed by atoms with Gasteiger partial charge in [0, 0.05) is 12.8 Å². The SMILES string of the molecule is CC(C)ON1C(=O)CCC1O. The Morgan fingerprint density at radius 2 is 2.36 bits per heavy atom. The minimum Gasteiger partial charge on any atom is -0.371 e. The molecule has 0 aliphatic carbocycles. The second kappa shape index (κ2) is 3.19. The Kier molecular flexibility index (Phi) is 2.46. The van der Waals surface area contributed by atoms with E-state index in [1.807, 2.05) is 13.8 Å². The molecule has 0 saturated carbocycles. The first-order valence-corrected chi connectivity index (χ1v) is 3.78. The van der Waals surface area contributed by atoms with Crippen molar-refractivity contribution in [2.75, 3.05) is 0 Å². The van der Waals surface area contributed by atoms with Crippen LogP contribution in [0.2, 0.25) is 0 Å². The molecule has 0 bridgehead atoms. The highest BCUT2D eigenvalue weighted by Gasteiger charge is 2.30. The minimum absolute atomic E-state index is 0.0632. The van der Waals surface area contributed by atoms with Crippen LogP contribution in [-0.2, 0) is 9.63 Å². The molecule has 1 saturated heterocycles. The lowest BCUT2D eigenvalue weighted by molar-refractivity contribution is -0.235. The maximum atomic E-state index is 11.0. The van der Waals surface area contributed by atoms with E-state index < -0.39 is 6.23 Å². The van der Waals surface area contributed by atoms with Crippen LogP contribution in [0, 0.1) is 0 Å². The van der Waals surface area contributed by atoms with E-state index in [1.165, 1.54) is 0 Å². The van der Waals surface area contributed by atoms with E-state index in [9.17, 15) is 9.90 Å². The average Bonchev–Trinajstić information content (AvgIpc) is 2.18. The van der Waals surface area contributed by atoms with E-state index in [4.69, 9.17) is 4.84 Å². The van der Waals surface area contributed by atoms with Gasteiger partial charge < -0.3 is 5.11 Å². The van der Waals surface area contributed by atoms with Crippen molar-refractivity contribution < 1.29 is 14.7 Å². The molecule has 11 heavy (non-hydrogen) atoms. The van der Waals surface area contributed by atoms with Crippen LogP contribution >= 0.6 is 0 Å². The van der Waals surface area contributed by atoms with Gasteiger partial charge in [-0.25, -0.2) is 0 Å². The van der Waals surface area contributed by atoms with Gasteiger partial charge in [0.2, 0.25) is 5.91 Å². The number of amides is 1. The maximum absolute atomic E-state index is 11.0. The van der Waals surface area contributed by atoms with Gasteiger partial charge in [-0.05, 0) is 13.8 Å². The molecule has 4 nitrogen and oxygen atoms in total. The Hall–Kier alpha value is -0.610. The highest BCUT2D eigenvalue weighted by atomic mass is 16.7. The smallest absolute Gasteiger partial charge is 0.248 e. The van der Waals surface area contributed by atoms with E-state index >= 15 is 0 Å². The molecule has 64 valence electrons. The molecule has 1 aliphatic rings. The summed E-state index contributed by atoms with van der Waals surface area (Å²) in [5.74, 6) is -0.133. The monoisotopic (exact) mass is 159 g/mol.